The Hall–Kier alpha value is -3.00. The summed E-state index contributed by atoms with van der Waals surface area (Å²) in [6, 6.07) is 10.3. The number of hydroxylamine groups is 1. The van der Waals surface area contributed by atoms with Crippen molar-refractivity contribution in [3.63, 3.8) is 0 Å². The van der Waals surface area contributed by atoms with Crippen LogP contribution in [0.5, 0.6) is 5.75 Å². The van der Waals surface area contributed by atoms with Gasteiger partial charge in [-0.1, -0.05) is 0 Å². The zero-order chi connectivity index (χ0) is 16.4. The monoisotopic (exact) mass is 320 g/mol. The minimum Gasteiger partial charge on any atom is -0.436 e. The summed E-state index contributed by atoms with van der Waals surface area (Å²) in [5, 5.41) is 8.62. The van der Waals surface area contributed by atoms with Crippen molar-refractivity contribution < 1.29 is 27.9 Å². The standard InChI is InChI=1S/C15H10F2N2O4/c16-15(17)22-10-4-1-8(2-5-10)14-18-11-7-9(13(20)19-21)3-6-12(11)23-14/h1-7,15,21H,(H,19,20). The zero-order valence-corrected chi connectivity index (χ0v) is 11.5. The van der Waals surface area contributed by atoms with Crippen LogP contribution in [-0.4, -0.2) is 22.7 Å². The Morgan fingerprint density at radius 1 is 1.22 bits per heavy atom. The first-order chi connectivity index (χ1) is 11.1. The zero-order valence-electron chi connectivity index (χ0n) is 11.5. The van der Waals surface area contributed by atoms with E-state index in [4.69, 9.17) is 9.62 Å². The number of ether oxygens (including phenoxy) is 1. The van der Waals surface area contributed by atoms with Gasteiger partial charge in [-0.3, -0.25) is 10.0 Å². The molecule has 0 atom stereocenters. The molecule has 0 radical (unpaired) electrons. The molecule has 0 unspecified atom stereocenters. The van der Waals surface area contributed by atoms with Crippen molar-refractivity contribution in [2.75, 3.05) is 0 Å². The number of amides is 1. The molecule has 0 spiro atoms. The quantitative estimate of drug-likeness (QED) is 0.569. The molecule has 1 heterocycles. The lowest BCUT2D eigenvalue weighted by Gasteiger charge is -2.03. The lowest BCUT2D eigenvalue weighted by atomic mass is 10.2. The molecule has 3 rings (SSSR count). The first-order valence-corrected chi connectivity index (χ1v) is 6.47. The van der Waals surface area contributed by atoms with Crippen LogP contribution in [0.4, 0.5) is 8.78 Å². The van der Waals surface area contributed by atoms with E-state index in [-0.39, 0.29) is 17.2 Å². The van der Waals surface area contributed by atoms with Crippen LogP contribution in [0.2, 0.25) is 0 Å². The molecule has 0 aliphatic rings. The van der Waals surface area contributed by atoms with Gasteiger partial charge in [-0.05, 0) is 42.5 Å². The first kappa shape index (κ1) is 14.9. The maximum absolute atomic E-state index is 12.1. The normalized spacial score (nSPS) is 11.0. The summed E-state index contributed by atoms with van der Waals surface area (Å²) in [5.74, 6) is -0.364. The Morgan fingerprint density at radius 3 is 2.61 bits per heavy atom. The predicted molar refractivity (Wildman–Crippen MR) is 75.3 cm³/mol. The van der Waals surface area contributed by atoms with Gasteiger partial charge in [0.1, 0.15) is 11.3 Å². The average Bonchev–Trinajstić information content (AvgIpc) is 2.97. The number of nitrogens with zero attached hydrogens (tertiary/aromatic N) is 1. The number of rotatable bonds is 4. The highest BCUT2D eigenvalue weighted by Gasteiger charge is 2.12. The highest BCUT2D eigenvalue weighted by molar-refractivity contribution is 5.96. The van der Waals surface area contributed by atoms with E-state index in [1.165, 1.54) is 41.9 Å². The minimum absolute atomic E-state index is 0.0294. The Kier molecular flexibility index (Phi) is 3.90. The second-order valence-electron chi connectivity index (χ2n) is 4.55. The van der Waals surface area contributed by atoms with Gasteiger partial charge < -0.3 is 9.15 Å². The van der Waals surface area contributed by atoms with Crippen molar-refractivity contribution in [2.45, 2.75) is 6.61 Å². The summed E-state index contributed by atoms with van der Waals surface area (Å²) in [7, 11) is 0. The summed E-state index contributed by atoms with van der Waals surface area (Å²) in [6.45, 7) is -2.89. The number of aromatic nitrogens is 1. The summed E-state index contributed by atoms with van der Waals surface area (Å²) in [6.07, 6.45) is 0. The van der Waals surface area contributed by atoms with E-state index in [9.17, 15) is 13.6 Å². The molecule has 2 N–H and O–H groups in total. The molecule has 0 aliphatic heterocycles. The number of fused-ring (bicyclic) bond motifs is 1. The summed E-state index contributed by atoms with van der Waals surface area (Å²) >= 11 is 0. The lowest BCUT2D eigenvalue weighted by Crippen LogP contribution is -2.18. The van der Waals surface area contributed by atoms with Crippen LogP contribution in [-0.2, 0) is 0 Å². The Bertz CT molecular complexity index is 846. The number of halogens is 2. The molecular weight excluding hydrogens is 310 g/mol. The largest absolute Gasteiger partial charge is 0.436 e. The number of nitrogens with one attached hydrogen (secondary N) is 1. The maximum atomic E-state index is 12.1. The second kappa shape index (κ2) is 6.01. The molecular formula is C15H10F2N2O4. The Morgan fingerprint density at radius 2 is 1.96 bits per heavy atom. The third-order valence-corrected chi connectivity index (χ3v) is 3.08. The van der Waals surface area contributed by atoms with E-state index in [1.807, 2.05) is 0 Å². The molecule has 0 saturated heterocycles. The van der Waals surface area contributed by atoms with Gasteiger partial charge in [-0.25, -0.2) is 10.5 Å². The highest BCUT2D eigenvalue weighted by atomic mass is 19.3. The fourth-order valence-electron chi connectivity index (χ4n) is 2.04. The average molecular weight is 320 g/mol. The predicted octanol–water partition coefficient (Wildman–Crippen LogP) is 3.22. The number of alkyl halides is 2. The van der Waals surface area contributed by atoms with Gasteiger partial charge in [0.2, 0.25) is 5.89 Å². The smallest absolute Gasteiger partial charge is 0.387 e. The van der Waals surface area contributed by atoms with Gasteiger partial charge in [0, 0.05) is 11.1 Å². The van der Waals surface area contributed by atoms with Crippen LogP contribution in [0.25, 0.3) is 22.6 Å². The number of carbonyl (C=O) groups excluding carboxylic acids is 1. The van der Waals surface area contributed by atoms with Gasteiger partial charge in [0.05, 0.1) is 0 Å². The fraction of sp³-hybridized carbons (Fsp3) is 0.0667. The molecule has 1 aromatic heterocycles. The molecule has 0 bridgehead atoms. The summed E-state index contributed by atoms with van der Waals surface area (Å²) < 4.78 is 34.0. The van der Waals surface area contributed by atoms with Gasteiger partial charge in [-0.15, -0.1) is 0 Å². The third kappa shape index (κ3) is 3.11. The van der Waals surface area contributed by atoms with Crippen LogP contribution in [0.1, 0.15) is 10.4 Å². The SMILES string of the molecule is O=C(NO)c1ccc2oc(-c3ccc(OC(F)F)cc3)nc2c1. The van der Waals surface area contributed by atoms with E-state index >= 15 is 0 Å². The maximum Gasteiger partial charge on any atom is 0.387 e. The molecule has 0 saturated carbocycles. The molecule has 1 amide bonds. The topological polar surface area (TPSA) is 84.6 Å². The molecule has 8 heteroatoms. The van der Waals surface area contributed by atoms with Gasteiger partial charge in [0.25, 0.3) is 5.91 Å². The van der Waals surface area contributed by atoms with Crippen molar-refractivity contribution in [2.24, 2.45) is 0 Å². The molecule has 118 valence electrons. The molecule has 2 aromatic carbocycles. The fourth-order valence-corrected chi connectivity index (χ4v) is 2.04. The van der Waals surface area contributed by atoms with E-state index in [2.05, 4.69) is 9.72 Å². The molecule has 23 heavy (non-hydrogen) atoms. The van der Waals surface area contributed by atoms with E-state index < -0.39 is 12.5 Å². The van der Waals surface area contributed by atoms with Crippen molar-refractivity contribution in [3.8, 4) is 17.2 Å². The molecule has 6 nitrogen and oxygen atoms in total. The van der Waals surface area contributed by atoms with Crippen LogP contribution < -0.4 is 10.2 Å². The van der Waals surface area contributed by atoms with Crippen LogP contribution >= 0.6 is 0 Å². The van der Waals surface area contributed by atoms with Gasteiger partial charge in [-0.2, -0.15) is 8.78 Å². The van der Waals surface area contributed by atoms with Gasteiger partial charge >= 0.3 is 6.61 Å². The Balaban J connectivity index is 1.92. The minimum atomic E-state index is -2.89. The summed E-state index contributed by atoms with van der Waals surface area (Å²) in [5.41, 5.74) is 3.19. The van der Waals surface area contributed by atoms with Crippen molar-refractivity contribution >= 4 is 17.0 Å². The third-order valence-electron chi connectivity index (χ3n) is 3.08. The van der Waals surface area contributed by atoms with Crippen LogP contribution in [0.3, 0.4) is 0 Å². The lowest BCUT2D eigenvalue weighted by molar-refractivity contribution is -0.0498. The van der Waals surface area contributed by atoms with E-state index in [1.54, 1.807) is 6.07 Å². The molecule has 0 aliphatic carbocycles. The van der Waals surface area contributed by atoms with Crippen molar-refractivity contribution in [1.82, 2.24) is 10.5 Å². The second-order valence-corrected chi connectivity index (χ2v) is 4.55. The molecule has 3 aromatic rings. The summed E-state index contributed by atoms with van der Waals surface area (Å²) in [4.78, 5) is 15.6. The first-order valence-electron chi connectivity index (χ1n) is 6.47. The van der Waals surface area contributed by atoms with Crippen LogP contribution in [0, 0.1) is 0 Å². The van der Waals surface area contributed by atoms with E-state index in [0.717, 1.165) is 0 Å². The number of hydrogen-bond acceptors (Lipinski definition) is 5. The number of benzene rings is 2. The molecule has 0 fully saturated rings. The number of hydrogen-bond donors (Lipinski definition) is 2. The van der Waals surface area contributed by atoms with Crippen molar-refractivity contribution in [3.05, 3.63) is 48.0 Å². The number of carbonyl (C=O) groups is 1. The highest BCUT2D eigenvalue weighted by Crippen LogP contribution is 2.26. The van der Waals surface area contributed by atoms with Crippen LogP contribution in [0.15, 0.2) is 46.9 Å². The van der Waals surface area contributed by atoms with Crippen molar-refractivity contribution in [1.29, 1.82) is 0 Å². The number of oxazole rings is 1. The van der Waals surface area contributed by atoms with Gasteiger partial charge in [0.15, 0.2) is 5.58 Å². The van der Waals surface area contributed by atoms with E-state index in [0.29, 0.717) is 16.7 Å². The Labute approximate surface area is 128 Å².